The highest BCUT2D eigenvalue weighted by molar-refractivity contribution is 9.10. The molecule has 1 aliphatic carbocycles. The zero-order valence-corrected chi connectivity index (χ0v) is 10.9. The average Bonchev–Trinajstić information content (AvgIpc) is 2.79. The number of ketones is 1. The van der Waals surface area contributed by atoms with Crippen molar-refractivity contribution in [3.05, 3.63) is 41.5 Å². The van der Waals surface area contributed by atoms with Gasteiger partial charge in [0.1, 0.15) is 17.3 Å². The van der Waals surface area contributed by atoms with Crippen LogP contribution in [0.15, 0.2) is 28.7 Å². The number of Topliss-reactive ketones (excluding diaryl/α,β-unsaturated/α-hetero) is 1. The topological polar surface area (TPSA) is 43.1 Å². The first-order chi connectivity index (χ1) is 8.66. The average molecular weight is 310 g/mol. The standard InChI is InChI=1S/C13H9BrFNO2/c14-8-5-6-10-11(12(8)17)16-13(18-10)7-3-1-2-4-9(7)15/h1-4,8H,5-6H2. The molecule has 5 heteroatoms. The third kappa shape index (κ3) is 1.79. The Morgan fingerprint density at radius 1 is 1.39 bits per heavy atom. The molecular weight excluding hydrogens is 301 g/mol. The molecule has 1 aromatic heterocycles. The zero-order chi connectivity index (χ0) is 12.7. The number of hydrogen-bond acceptors (Lipinski definition) is 3. The molecule has 0 spiro atoms. The smallest absolute Gasteiger partial charge is 0.229 e. The van der Waals surface area contributed by atoms with E-state index in [1.165, 1.54) is 6.07 Å². The molecule has 0 aliphatic heterocycles. The van der Waals surface area contributed by atoms with Crippen molar-refractivity contribution < 1.29 is 13.6 Å². The lowest BCUT2D eigenvalue weighted by Gasteiger charge is -2.11. The van der Waals surface area contributed by atoms with Crippen LogP contribution in [0.1, 0.15) is 22.7 Å². The van der Waals surface area contributed by atoms with Gasteiger partial charge in [0.05, 0.1) is 10.4 Å². The number of aromatic nitrogens is 1. The summed E-state index contributed by atoms with van der Waals surface area (Å²) in [6.07, 6.45) is 1.32. The molecule has 0 fully saturated rings. The molecule has 1 atom stereocenters. The van der Waals surface area contributed by atoms with Gasteiger partial charge in [0.25, 0.3) is 0 Å². The van der Waals surface area contributed by atoms with Gasteiger partial charge in [-0.05, 0) is 18.6 Å². The SMILES string of the molecule is O=C1c2nc(-c3ccccc3F)oc2CCC1Br. The van der Waals surface area contributed by atoms with Crippen molar-refractivity contribution in [2.75, 3.05) is 0 Å². The van der Waals surface area contributed by atoms with Crippen LogP contribution >= 0.6 is 15.9 Å². The highest BCUT2D eigenvalue weighted by Gasteiger charge is 2.31. The molecule has 1 unspecified atom stereocenters. The van der Waals surface area contributed by atoms with E-state index in [1.807, 2.05) is 0 Å². The van der Waals surface area contributed by atoms with E-state index < -0.39 is 5.82 Å². The first-order valence-corrected chi connectivity index (χ1v) is 6.51. The number of alkyl halides is 1. The van der Waals surface area contributed by atoms with Crippen LogP contribution in [0.4, 0.5) is 4.39 Å². The predicted molar refractivity (Wildman–Crippen MR) is 67.3 cm³/mol. The van der Waals surface area contributed by atoms with Crippen molar-refractivity contribution in [2.24, 2.45) is 0 Å². The monoisotopic (exact) mass is 309 g/mol. The molecule has 1 aromatic carbocycles. The molecule has 0 saturated heterocycles. The second-order valence-electron chi connectivity index (χ2n) is 4.14. The Bertz CT molecular complexity index is 623. The van der Waals surface area contributed by atoms with Crippen molar-refractivity contribution in [3.8, 4) is 11.5 Å². The zero-order valence-electron chi connectivity index (χ0n) is 9.32. The van der Waals surface area contributed by atoms with E-state index in [1.54, 1.807) is 18.2 Å². The number of carbonyl (C=O) groups excluding carboxylic acids is 1. The number of halogens is 2. The number of hydrogen-bond donors (Lipinski definition) is 0. The molecular formula is C13H9BrFNO2. The van der Waals surface area contributed by atoms with Crippen molar-refractivity contribution in [1.82, 2.24) is 4.98 Å². The maximum absolute atomic E-state index is 13.6. The summed E-state index contributed by atoms with van der Waals surface area (Å²) >= 11 is 3.30. The van der Waals surface area contributed by atoms with Crippen LogP contribution in [-0.2, 0) is 6.42 Å². The van der Waals surface area contributed by atoms with Crippen molar-refractivity contribution in [1.29, 1.82) is 0 Å². The molecule has 92 valence electrons. The van der Waals surface area contributed by atoms with Crippen molar-refractivity contribution in [2.45, 2.75) is 17.7 Å². The molecule has 0 saturated carbocycles. The van der Waals surface area contributed by atoms with Gasteiger partial charge in [-0.2, -0.15) is 0 Å². The predicted octanol–water partition coefficient (Wildman–Crippen LogP) is 3.37. The first kappa shape index (κ1) is 11.6. The summed E-state index contributed by atoms with van der Waals surface area (Å²) < 4.78 is 19.1. The summed E-state index contributed by atoms with van der Waals surface area (Å²) in [5, 5.41) is 0. The summed E-state index contributed by atoms with van der Waals surface area (Å²) in [6.45, 7) is 0. The van der Waals surface area contributed by atoms with Gasteiger partial charge < -0.3 is 4.42 Å². The van der Waals surface area contributed by atoms with Gasteiger partial charge in [-0.25, -0.2) is 9.37 Å². The number of benzene rings is 1. The highest BCUT2D eigenvalue weighted by atomic mass is 79.9. The quantitative estimate of drug-likeness (QED) is 0.759. The first-order valence-electron chi connectivity index (χ1n) is 5.59. The van der Waals surface area contributed by atoms with Crippen LogP contribution in [0, 0.1) is 5.82 Å². The largest absolute Gasteiger partial charge is 0.440 e. The van der Waals surface area contributed by atoms with E-state index in [-0.39, 0.29) is 22.1 Å². The molecule has 0 radical (unpaired) electrons. The summed E-state index contributed by atoms with van der Waals surface area (Å²) in [5.74, 6) is 0.225. The minimum Gasteiger partial charge on any atom is -0.440 e. The molecule has 0 bridgehead atoms. The van der Waals surface area contributed by atoms with Crippen LogP contribution in [0.2, 0.25) is 0 Å². The van der Waals surface area contributed by atoms with E-state index in [0.29, 0.717) is 24.3 Å². The van der Waals surface area contributed by atoms with E-state index >= 15 is 0 Å². The highest BCUT2D eigenvalue weighted by Crippen LogP contribution is 2.30. The fourth-order valence-corrected chi connectivity index (χ4v) is 2.45. The van der Waals surface area contributed by atoms with Gasteiger partial charge in [-0.1, -0.05) is 28.1 Å². The fraction of sp³-hybridized carbons (Fsp3) is 0.231. The molecule has 2 aromatic rings. The van der Waals surface area contributed by atoms with E-state index in [4.69, 9.17) is 4.42 Å². The Kier molecular flexibility index (Phi) is 2.78. The summed E-state index contributed by atoms with van der Waals surface area (Å²) in [6, 6.07) is 6.23. The third-order valence-corrected chi connectivity index (χ3v) is 3.82. The van der Waals surface area contributed by atoms with Crippen LogP contribution < -0.4 is 0 Å². The number of aryl methyl sites for hydroxylation is 1. The Labute approximate surface area is 111 Å². The van der Waals surface area contributed by atoms with Crippen molar-refractivity contribution >= 4 is 21.7 Å². The van der Waals surface area contributed by atoms with Gasteiger partial charge in [0.2, 0.25) is 5.89 Å². The number of rotatable bonds is 1. The number of oxazole rings is 1. The number of nitrogens with zero attached hydrogens (tertiary/aromatic N) is 1. The Hall–Kier alpha value is -1.49. The second-order valence-corrected chi connectivity index (χ2v) is 5.25. The second kappa shape index (κ2) is 4.31. The van der Waals surface area contributed by atoms with Gasteiger partial charge in [-0.3, -0.25) is 4.79 Å². The van der Waals surface area contributed by atoms with Crippen molar-refractivity contribution in [3.63, 3.8) is 0 Å². The van der Waals surface area contributed by atoms with Crippen LogP contribution in [0.25, 0.3) is 11.5 Å². The summed E-state index contributed by atoms with van der Waals surface area (Å²) in [7, 11) is 0. The van der Waals surface area contributed by atoms with Gasteiger partial charge in [0.15, 0.2) is 5.78 Å². The lowest BCUT2D eigenvalue weighted by molar-refractivity contribution is 0.0974. The summed E-state index contributed by atoms with van der Waals surface area (Å²) in [5.41, 5.74) is 0.604. The molecule has 0 N–H and O–H groups in total. The Balaban J connectivity index is 2.09. The van der Waals surface area contributed by atoms with Gasteiger partial charge >= 0.3 is 0 Å². The minimum absolute atomic E-state index is 0.0948. The molecule has 1 aliphatic rings. The third-order valence-electron chi connectivity index (χ3n) is 2.94. The number of fused-ring (bicyclic) bond motifs is 1. The van der Waals surface area contributed by atoms with Gasteiger partial charge in [0, 0.05) is 6.42 Å². The van der Waals surface area contributed by atoms with Crippen LogP contribution in [0.5, 0.6) is 0 Å². The van der Waals surface area contributed by atoms with E-state index in [0.717, 1.165) is 0 Å². The van der Waals surface area contributed by atoms with Crippen LogP contribution in [0.3, 0.4) is 0 Å². The Morgan fingerprint density at radius 3 is 2.94 bits per heavy atom. The molecule has 3 rings (SSSR count). The minimum atomic E-state index is -0.404. The molecule has 3 nitrogen and oxygen atoms in total. The lowest BCUT2D eigenvalue weighted by Crippen LogP contribution is -2.21. The fourth-order valence-electron chi connectivity index (χ4n) is 2.00. The summed E-state index contributed by atoms with van der Waals surface area (Å²) in [4.78, 5) is 15.8. The van der Waals surface area contributed by atoms with Gasteiger partial charge in [-0.15, -0.1) is 0 Å². The number of carbonyl (C=O) groups is 1. The lowest BCUT2D eigenvalue weighted by atomic mass is 10.0. The van der Waals surface area contributed by atoms with E-state index in [9.17, 15) is 9.18 Å². The molecule has 1 heterocycles. The molecule has 18 heavy (non-hydrogen) atoms. The maximum Gasteiger partial charge on any atom is 0.229 e. The normalized spacial score (nSPS) is 18.8. The van der Waals surface area contributed by atoms with Crippen LogP contribution in [-0.4, -0.2) is 15.6 Å². The Morgan fingerprint density at radius 2 is 2.17 bits per heavy atom. The molecule has 0 amide bonds. The van der Waals surface area contributed by atoms with E-state index in [2.05, 4.69) is 20.9 Å². The maximum atomic E-state index is 13.6.